The van der Waals surface area contributed by atoms with Gasteiger partial charge in [0, 0.05) is 25.3 Å². The molecule has 0 aromatic carbocycles. The molecule has 2 atom stereocenters. The number of pyridine rings is 1. The van der Waals surface area contributed by atoms with Crippen LogP contribution in [0.2, 0.25) is 0 Å². The third-order valence-corrected chi connectivity index (χ3v) is 3.63. The number of nitriles is 1. The summed E-state index contributed by atoms with van der Waals surface area (Å²) in [5.41, 5.74) is 0.878. The highest BCUT2D eigenvalue weighted by molar-refractivity contribution is 5.92. The largest absolute Gasteiger partial charge is 0.335 e. The van der Waals surface area contributed by atoms with Gasteiger partial charge >= 0.3 is 0 Å². The van der Waals surface area contributed by atoms with E-state index in [0.29, 0.717) is 23.2 Å². The number of rotatable bonds is 2. The van der Waals surface area contributed by atoms with E-state index < -0.39 is 0 Å². The molecule has 0 radical (unpaired) electrons. The smallest absolute Gasteiger partial charge is 0.272 e. The lowest BCUT2D eigenvalue weighted by atomic mass is 10.1. The second kappa shape index (κ2) is 5.37. The summed E-state index contributed by atoms with van der Waals surface area (Å²) in [4.78, 5) is 20.4. The van der Waals surface area contributed by atoms with Crippen LogP contribution >= 0.6 is 0 Å². The molecule has 19 heavy (non-hydrogen) atoms. The fourth-order valence-electron chi connectivity index (χ4n) is 2.54. The van der Waals surface area contributed by atoms with Gasteiger partial charge in [0.2, 0.25) is 0 Å². The Labute approximate surface area is 113 Å². The van der Waals surface area contributed by atoms with Crippen molar-refractivity contribution in [3.05, 3.63) is 29.6 Å². The van der Waals surface area contributed by atoms with Gasteiger partial charge in [-0.2, -0.15) is 5.26 Å². The molecule has 2 unspecified atom stereocenters. The van der Waals surface area contributed by atoms with Crippen molar-refractivity contribution < 1.29 is 4.79 Å². The first-order valence-corrected chi connectivity index (χ1v) is 6.34. The Morgan fingerprint density at radius 2 is 2.21 bits per heavy atom. The molecular weight excluding hydrogens is 240 g/mol. The van der Waals surface area contributed by atoms with Crippen molar-refractivity contribution in [2.24, 2.45) is 5.92 Å². The molecule has 1 amide bonds. The molecule has 100 valence electrons. The number of amides is 1. The maximum atomic E-state index is 12.3. The Balaban J connectivity index is 2.10. The Hall–Kier alpha value is -1.93. The SMILES string of the molecule is CC1CN(C(=O)c2ccc(C#N)cn2)CC1N(C)C. The van der Waals surface area contributed by atoms with E-state index in [0.717, 1.165) is 13.1 Å². The van der Waals surface area contributed by atoms with Crippen LogP contribution < -0.4 is 0 Å². The predicted molar refractivity (Wildman–Crippen MR) is 71.5 cm³/mol. The number of likely N-dealkylation sites (N-methyl/N-ethyl adjacent to an activating group) is 1. The second-order valence-electron chi connectivity index (χ2n) is 5.26. The van der Waals surface area contributed by atoms with Gasteiger partial charge in [0.1, 0.15) is 11.8 Å². The summed E-state index contributed by atoms with van der Waals surface area (Å²) in [6.45, 7) is 3.64. The van der Waals surface area contributed by atoms with Crippen molar-refractivity contribution in [1.29, 1.82) is 5.26 Å². The molecule has 2 heterocycles. The molecule has 1 aliphatic rings. The number of carbonyl (C=O) groups excluding carboxylic acids is 1. The maximum absolute atomic E-state index is 12.3. The molecule has 1 aromatic heterocycles. The van der Waals surface area contributed by atoms with E-state index in [1.807, 2.05) is 25.1 Å². The molecule has 0 aliphatic carbocycles. The standard InChI is InChI=1S/C14H18N4O/c1-10-8-18(9-13(10)17(2)3)14(19)12-5-4-11(6-15)7-16-12/h4-5,7,10,13H,8-9H2,1-3H3. The number of hydrogen-bond donors (Lipinski definition) is 0. The lowest BCUT2D eigenvalue weighted by molar-refractivity contribution is 0.0775. The van der Waals surface area contributed by atoms with Gasteiger partial charge in [-0.25, -0.2) is 4.98 Å². The Kier molecular flexibility index (Phi) is 3.82. The van der Waals surface area contributed by atoms with Gasteiger partial charge in [0.25, 0.3) is 5.91 Å². The van der Waals surface area contributed by atoms with E-state index in [9.17, 15) is 4.79 Å². The summed E-state index contributed by atoms with van der Waals surface area (Å²) < 4.78 is 0. The zero-order valence-corrected chi connectivity index (χ0v) is 11.5. The lowest BCUT2D eigenvalue weighted by Crippen LogP contribution is -2.36. The molecule has 5 heteroatoms. The second-order valence-corrected chi connectivity index (χ2v) is 5.26. The van der Waals surface area contributed by atoms with Crippen molar-refractivity contribution in [2.45, 2.75) is 13.0 Å². The van der Waals surface area contributed by atoms with Gasteiger partial charge in [0.05, 0.1) is 5.56 Å². The summed E-state index contributed by atoms with van der Waals surface area (Å²) in [5, 5.41) is 8.72. The fourth-order valence-corrected chi connectivity index (χ4v) is 2.54. The monoisotopic (exact) mass is 258 g/mol. The average Bonchev–Trinajstić information content (AvgIpc) is 2.80. The van der Waals surface area contributed by atoms with Crippen LogP contribution in [0.5, 0.6) is 0 Å². The van der Waals surface area contributed by atoms with Crippen LogP contribution in [0.3, 0.4) is 0 Å². The Morgan fingerprint density at radius 1 is 1.47 bits per heavy atom. The van der Waals surface area contributed by atoms with Gasteiger partial charge in [-0.05, 0) is 32.1 Å². The molecule has 0 N–H and O–H groups in total. The van der Waals surface area contributed by atoms with E-state index in [2.05, 4.69) is 16.8 Å². The highest BCUT2D eigenvalue weighted by Gasteiger charge is 2.34. The minimum Gasteiger partial charge on any atom is -0.335 e. The molecule has 1 aromatic rings. The summed E-state index contributed by atoms with van der Waals surface area (Å²) in [7, 11) is 4.07. The average molecular weight is 258 g/mol. The fraction of sp³-hybridized carbons (Fsp3) is 0.500. The Morgan fingerprint density at radius 3 is 2.68 bits per heavy atom. The molecule has 1 saturated heterocycles. The van der Waals surface area contributed by atoms with Crippen molar-refractivity contribution in [3.63, 3.8) is 0 Å². The highest BCUT2D eigenvalue weighted by Crippen LogP contribution is 2.21. The van der Waals surface area contributed by atoms with Crippen LogP contribution in [0.1, 0.15) is 23.0 Å². The van der Waals surface area contributed by atoms with E-state index in [1.54, 1.807) is 12.1 Å². The molecule has 0 bridgehead atoms. The molecule has 1 fully saturated rings. The molecular formula is C14H18N4O. The van der Waals surface area contributed by atoms with Crippen LogP contribution in [0, 0.1) is 17.2 Å². The molecule has 0 spiro atoms. The maximum Gasteiger partial charge on any atom is 0.272 e. The number of aromatic nitrogens is 1. The minimum atomic E-state index is -0.0549. The van der Waals surface area contributed by atoms with Crippen molar-refractivity contribution in [1.82, 2.24) is 14.8 Å². The predicted octanol–water partition coefficient (Wildman–Crippen LogP) is 0.975. The van der Waals surface area contributed by atoms with Crippen LogP contribution in [-0.2, 0) is 0 Å². The molecule has 1 aliphatic heterocycles. The summed E-state index contributed by atoms with van der Waals surface area (Å²) in [6.07, 6.45) is 1.44. The van der Waals surface area contributed by atoms with Gasteiger partial charge in [0.15, 0.2) is 0 Å². The van der Waals surface area contributed by atoms with E-state index in [4.69, 9.17) is 5.26 Å². The summed E-state index contributed by atoms with van der Waals surface area (Å²) in [5.74, 6) is 0.401. The first-order valence-electron chi connectivity index (χ1n) is 6.34. The zero-order chi connectivity index (χ0) is 14.0. The molecule has 2 rings (SSSR count). The van der Waals surface area contributed by atoms with E-state index in [-0.39, 0.29) is 5.91 Å². The normalized spacial score (nSPS) is 22.6. The van der Waals surface area contributed by atoms with Gasteiger partial charge in [-0.3, -0.25) is 4.79 Å². The van der Waals surface area contributed by atoms with Gasteiger partial charge in [-0.1, -0.05) is 6.92 Å². The summed E-state index contributed by atoms with van der Waals surface area (Å²) >= 11 is 0. The van der Waals surface area contributed by atoms with E-state index >= 15 is 0 Å². The number of likely N-dealkylation sites (tertiary alicyclic amines) is 1. The Bertz CT molecular complexity index is 503. The topological polar surface area (TPSA) is 60.2 Å². The van der Waals surface area contributed by atoms with Crippen LogP contribution in [0.25, 0.3) is 0 Å². The minimum absolute atomic E-state index is 0.0549. The van der Waals surface area contributed by atoms with E-state index in [1.165, 1.54) is 6.20 Å². The van der Waals surface area contributed by atoms with Gasteiger partial charge < -0.3 is 9.80 Å². The van der Waals surface area contributed by atoms with Crippen LogP contribution in [-0.4, -0.2) is 53.9 Å². The lowest BCUT2D eigenvalue weighted by Gasteiger charge is -2.22. The van der Waals surface area contributed by atoms with Crippen LogP contribution in [0.15, 0.2) is 18.3 Å². The van der Waals surface area contributed by atoms with Crippen molar-refractivity contribution >= 4 is 5.91 Å². The van der Waals surface area contributed by atoms with Crippen molar-refractivity contribution in [3.8, 4) is 6.07 Å². The van der Waals surface area contributed by atoms with Gasteiger partial charge in [-0.15, -0.1) is 0 Å². The number of carbonyl (C=O) groups is 1. The number of nitrogens with zero attached hydrogens (tertiary/aromatic N) is 4. The zero-order valence-electron chi connectivity index (χ0n) is 11.5. The first-order chi connectivity index (χ1) is 9.02. The third kappa shape index (κ3) is 2.74. The molecule has 0 saturated carbocycles. The summed E-state index contributed by atoms with van der Waals surface area (Å²) in [6, 6.07) is 5.64. The van der Waals surface area contributed by atoms with Crippen LogP contribution in [0.4, 0.5) is 0 Å². The highest BCUT2D eigenvalue weighted by atomic mass is 16.2. The first kappa shape index (κ1) is 13.5. The quantitative estimate of drug-likeness (QED) is 0.793. The third-order valence-electron chi connectivity index (χ3n) is 3.63. The van der Waals surface area contributed by atoms with Crippen molar-refractivity contribution in [2.75, 3.05) is 27.2 Å². The number of hydrogen-bond acceptors (Lipinski definition) is 4. The molecule has 5 nitrogen and oxygen atoms in total.